The highest BCUT2D eigenvalue weighted by Gasteiger charge is 2.37. The molecule has 0 N–H and O–H groups in total. The highest BCUT2D eigenvalue weighted by Crippen LogP contribution is 2.45. The minimum Gasteiger partial charge on any atom is -0.289 e. The molecule has 0 radical (unpaired) electrons. The van der Waals surface area contributed by atoms with Gasteiger partial charge in [-0.05, 0) is 29.3 Å². The average molecular weight is 576 g/mol. The van der Waals surface area contributed by atoms with Crippen LogP contribution in [0.2, 0.25) is 0 Å². The van der Waals surface area contributed by atoms with Crippen LogP contribution in [-0.4, -0.2) is 20.6 Å². The molecule has 0 unspecified atom stereocenters. The minimum atomic E-state index is -0.841. The van der Waals surface area contributed by atoms with Crippen molar-refractivity contribution in [3.63, 3.8) is 0 Å². The second-order valence-corrected chi connectivity index (χ2v) is 10.4. The normalized spacial score (nSPS) is 11.5. The third-order valence-corrected chi connectivity index (χ3v) is 8.11. The van der Waals surface area contributed by atoms with Crippen molar-refractivity contribution in [3.8, 4) is 22.3 Å². The van der Waals surface area contributed by atoms with Crippen molar-refractivity contribution in [1.29, 1.82) is 0 Å². The second kappa shape index (κ2) is 10.3. The fourth-order valence-corrected chi connectivity index (χ4v) is 6.29. The van der Waals surface area contributed by atoms with Gasteiger partial charge in [0.25, 0.3) is 17.1 Å². The van der Waals surface area contributed by atoms with Crippen LogP contribution in [0.15, 0.2) is 103 Å². The predicted octanol–water partition coefficient (Wildman–Crippen LogP) is 8.34. The number of nitro groups is 3. The van der Waals surface area contributed by atoms with Crippen molar-refractivity contribution in [2.24, 2.45) is 0 Å². The monoisotopic (exact) mass is 575 g/mol. The molecule has 1 aliphatic rings. The van der Waals surface area contributed by atoms with Gasteiger partial charge in [0.2, 0.25) is 0 Å². The Bertz CT molecular complexity index is 2110. The highest BCUT2D eigenvalue weighted by molar-refractivity contribution is 7.25. The maximum Gasteiger partial charge on any atom is 0.284 e. The van der Waals surface area contributed by atoms with Gasteiger partial charge in [-0.25, -0.2) is 0 Å². The Morgan fingerprint density at radius 3 is 1.93 bits per heavy atom. The fourth-order valence-electron chi connectivity index (χ4n) is 5.15. The van der Waals surface area contributed by atoms with Crippen LogP contribution in [0, 0.1) is 30.3 Å². The molecule has 10 nitrogen and oxygen atoms in total. The van der Waals surface area contributed by atoms with Crippen LogP contribution >= 0.6 is 11.3 Å². The number of carbonyl (C=O) groups excluding carboxylic acids is 1. The quantitative estimate of drug-likeness (QED) is 0.151. The van der Waals surface area contributed by atoms with Crippen LogP contribution in [-0.2, 0) is 0 Å². The molecule has 5 aromatic carbocycles. The molecule has 0 saturated carbocycles. The third-order valence-electron chi connectivity index (χ3n) is 6.97. The number of thiophene rings is 1. The van der Waals surface area contributed by atoms with Crippen molar-refractivity contribution in [2.45, 2.75) is 0 Å². The van der Waals surface area contributed by atoms with E-state index in [1.807, 2.05) is 11.3 Å². The van der Waals surface area contributed by atoms with Gasteiger partial charge in [-0.2, -0.15) is 0 Å². The average Bonchev–Trinajstić information content (AvgIpc) is 3.52. The Morgan fingerprint density at radius 2 is 1.21 bits per heavy atom. The van der Waals surface area contributed by atoms with Crippen molar-refractivity contribution in [2.75, 3.05) is 0 Å². The van der Waals surface area contributed by atoms with E-state index in [1.165, 1.54) is 37.4 Å². The molecule has 42 heavy (non-hydrogen) atoms. The molecule has 0 spiro atoms. The minimum absolute atomic E-state index is 0.0597. The molecular weight excluding hydrogens is 558 g/mol. The number of fused-ring (bicyclic) bond motifs is 6. The van der Waals surface area contributed by atoms with Crippen molar-refractivity contribution < 1.29 is 19.6 Å². The molecule has 0 aliphatic heterocycles. The topological polar surface area (TPSA) is 146 Å². The Balaban J connectivity index is 0.000000153. The van der Waals surface area contributed by atoms with Crippen LogP contribution in [0.3, 0.4) is 0 Å². The highest BCUT2D eigenvalue weighted by atomic mass is 32.1. The van der Waals surface area contributed by atoms with Gasteiger partial charge in [-0.15, -0.1) is 11.3 Å². The molecule has 0 saturated heterocycles. The van der Waals surface area contributed by atoms with Crippen molar-refractivity contribution in [1.82, 2.24) is 0 Å². The summed E-state index contributed by atoms with van der Waals surface area (Å²) in [6.45, 7) is 0. The van der Waals surface area contributed by atoms with Gasteiger partial charge in [0.1, 0.15) is 0 Å². The molecule has 0 amide bonds. The molecule has 6 aromatic rings. The van der Waals surface area contributed by atoms with Crippen molar-refractivity contribution >= 4 is 54.4 Å². The second-order valence-electron chi connectivity index (χ2n) is 9.36. The number of non-ortho nitro benzene ring substituents is 2. The van der Waals surface area contributed by atoms with Gasteiger partial charge >= 0.3 is 0 Å². The summed E-state index contributed by atoms with van der Waals surface area (Å²) in [7, 11) is 0. The lowest BCUT2D eigenvalue weighted by Crippen LogP contribution is -2.00. The summed E-state index contributed by atoms with van der Waals surface area (Å²) in [5.74, 6) is -0.717. The van der Waals surface area contributed by atoms with E-state index in [2.05, 4.69) is 72.8 Å². The molecule has 204 valence electrons. The summed E-state index contributed by atoms with van der Waals surface area (Å²) in [6.07, 6.45) is 0. The Morgan fingerprint density at radius 1 is 0.548 bits per heavy atom. The molecule has 1 heterocycles. The summed E-state index contributed by atoms with van der Waals surface area (Å²) in [5, 5.41) is 35.6. The maximum absolute atomic E-state index is 12.3. The summed E-state index contributed by atoms with van der Waals surface area (Å²) in [6, 6.07) is 30.9. The number of ketones is 1. The molecule has 7 rings (SSSR count). The lowest BCUT2D eigenvalue weighted by Gasteiger charge is -2.04. The fraction of sp³-hybridized carbons (Fsp3) is 0. The van der Waals surface area contributed by atoms with Gasteiger partial charge in [-0.3, -0.25) is 35.1 Å². The zero-order valence-electron chi connectivity index (χ0n) is 21.4. The van der Waals surface area contributed by atoms with E-state index in [1.54, 1.807) is 0 Å². The first-order valence-electron chi connectivity index (χ1n) is 12.5. The SMILES string of the molecule is O=C1c2cc([N+](=O)[O-])ccc2-c2c1cc([N+](=O)[O-])cc2[N+](=O)[O-].c1ccc(-c2cccc3sc4ccccc4c23)cc1. The van der Waals surface area contributed by atoms with E-state index in [9.17, 15) is 35.1 Å². The zero-order valence-corrected chi connectivity index (χ0v) is 22.2. The summed E-state index contributed by atoms with van der Waals surface area (Å²) < 4.78 is 2.73. The van der Waals surface area contributed by atoms with Crippen LogP contribution in [0.1, 0.15) is 15.9 Å². The molecule has 0 atom stereocenters. The first-order chi connectivity index (χ1) is 20.2. The number of nitro benzene ring substituents is 3. The first kappa shape index (κ1) is 26.4. The van der Waals surface area contributed by atoms with Gasteiger partial charge in [0.05, 0.1) is 26.4 Å². The summed E-state index contributed by atoms with van der Waals surface area (Å²) in [5.41, 5.74) is 0.891. The summed E-state index contributed by atoms with van der Waals surface area (Å²) >= 11 is 1.87. The van der Waals surface area contributed by atoms with Crippen LogP contribution in [0.4, 0.5) is 17.1 Å². The van der Waals surface area contributed by atoms with Crippen LogP contribution < -0.4 is 0 Å². The summed E-state index contributed by atoms with van der Waals surface area (Å²) in [4.78, 5) is 42.8. The number of carbonyl (C=O) groups is 1. The molecule has 0 fully saturated rings. The Hall–Kier alpha value is -5.81. The number of benzene rings is 5. The number of nitrogens with zero attached hydrogens (tertiary/aromatic N) is 3. The van der Waals surface area contributed by atoms with E-state index >= 15 is 0 Å². The van der Waals surface area contributed by atoms with Gasteiger partial charge in [0.15, 0.2) is 5.78 Å². The molecular formula is C31H17N3O7S. The molecule has 1 aliphatic carbocycles. The maximum atomic E-state index is 12.3. The van der Waals surface area contributed by atoms with Gasteiger partial charge in [-0.1, -0.05) is 60.7 Å². The van der Waals surface area contributed by atoms with Crippen LogP contribution in [0.25, 0.3) is 42.4 Å². The molecule has 0 bridgehead atoms. The van der Waals surface area contributed by atoms with E-state index in [0.717, 1.165) is 24.3 Å². The number of hydrogen-bond donors (Lipinski definition) is 0. The lowest BCUT2D eigenvalue weighted by molar-refractivity contribution is -0.393. The van der Waals surface area contributed by atoms with E-state index in [0.29, 0.717) is 0 Å². The number of rotatable bonds is 4. The van der Waals surface area contributed by atoms with E-state index in [-0.39, 0.29) is 27.9 Å². The molecule has 11 heteroatoms. The standard InChI is InChI=1S/C18H12S.C13H5N3O7/c1-2-7-13(8-3-1)14-10-6-12-17-18(14)15-9-4-5-11-16(15)19-17;17-13-9-3-6(14(18)19)1-2-8(9)12-10(13)4-7(15(20)21)5-11(12)16(22)23/h1-12H;1-5H. The van der Waals surface area contributed by atoms with E-state index < -0.39 is 31.9 Å². The van der Waals surface area contributed by atoms with Gasteiger partial charge < -0.3 is 0 Å². The Kier molecular flexibility index (Phi) is 6.48. The van der Waals surface area contributed by atoms with Crippen molar-refractivity contribution in [3.05, 3.63) is 145 Å². The predicted molar refractivity (Wildman–Crippen MR) is 160 cm³/mol. The van der Waals surface area contributed by atoms with Gasteiger partial charge in [0, 0.05) is 55.1 Å². The number of hydrogen-bond acceptors (Lipinski definition) is 8. The van der Waals surface area contributed by atoms with Crippen LogP contribution in [0.5, 0.6) is 0 Å². The largest absolute Gasteiger partial charge is 0.289 e. The smallest absolute Gasteiger partial charge is 0.284 e. The lowest BCUT2D eigenvalue weighted by atomic mass is 10.00. The molecule has 1 aromatic heterocycles. The zero-order chi connectivity index (χ0) is 29.5. The Labute approximate surface area is 240 Å². The van der Waals surface area contributed by atoms with E-state index in [4.69, 9.17) is 0 Å². The first-order valence-corrected chi connectivity index (χ1v) is 13.3. The third kappa shape index (κ3) is 4.43.